The van der Waals surface area contributed by atoms with Gasteiger partial charge >= 0.3 is 5.97 Å². The van der Waals surface area contributed by atoms with Gasteiger partial charge in [0, 0.05) is 11.8 Å². The van der Waals surface area contributed by atoms with Crippen LogP contribution in [-0.2, 0) is 4.79 Å². The third kappa shape index (κ3) is 4.10. The van der Waals surface area contributed by atoms with Gasteiger partial charge in [0.2, 0.25) is 5.91 Å². The molecular weight excluding hydrogens is 306 g/mol. The fraction of sp³-hybridized carbons (Fsp3) is 0. The van der Waals surface area contributed by atoms with Crippen molar-refractivity contribution in [1.29, 1.82) is 0 Å². The number of phenols is 1. The number of carbonyl (C=O) groups is 2. The average molecular weight is 318 g/mol. The largest absolute Gasteiger partial charge is 0.508 e. The quantitative estimate of drug-likeness (QED) is 0.754. The number of amides is 1. The molecule has 3 N–H and O–H groups in total. The number of benzene rings is 2. The maximum atomic E-state index is 11.8. The molecule has 2 aromatic carbocycles. The Morgan fingerprint density at radius 2 is 1.77 bits per heavy atom. The molecule has 2 aromatic rings. The van der Waals surface area contributed by atoms with E-state index in [1.165, 1.54) is 36.4 Å². The molecule has 2 rings (SSSR count). The normalized spacial score (nSPS) is 10.6. The number of hydrogen-bond donors (Lipinski definition) is 3. The first kappa shape index (κ1) is 15.6. The van der Waals surface area contributed by atoms with Crippen LogP contribution >= 0.6 is 11.6 Å². The minimum atomic E-state index is -1.17. The van der Waals surface area contributed by atoms with Crippen molar-refractivity contribution < 1.29 is 19.8 Å². The third-order valence-electron chi connectivity index (χ3n) is 2.78. The maximum absolute atomic E-state index is 11.8. The van der Waals surface area contributed by atoms with Crippen LogP contribution in [0.15, 0.2) is 48.5 Å². The van der Waals surface area contributed by atoms with Gasteiger partial charge in [0.25, 0.3) is 0 Å². The van der Waals surface area contributed by atoms with Crippen LogP contribution in [0.4, 0.5) is 5.69 Å². The molecule has 0 saturated carbocycles. The summed E-state index contributed by atoms with van der Waals surface area (Å²) in [5, 5.41) is 20.8. The Bertz CT molecular complexity index is 738. The summed E-state index contributed by atoms with van der Waals surface area (Å²) in [6.07, 6.45) is 2.88. The number of hydrogen-bond acceptors (Lipinski definition) is 3. The predicted molar refractivity (Wildman–Crippen MR) is 84.2 cm³/mol. The number of aromatic carboxylic acids is 1. The van der Waals surface area contributed by atoms with E-state index >= 15 is 0 Å². The molecule has 0 unspecified atom stereocenters. The molecule has 0 fully saturated rings. The van der Waals surface area contributed by atoms with E-state index in [4.69, 9.17) is 21.8 Å². The number of carboxylic acid groups (broad SMARTS) is 1. The second kappa shape index (κ2) is 6.78. The van der Waals surface area contributed by atoms with Crippen LogP contribution in [-0.4, -0.2) is 22.1 Å². The first-order valence-electron chi connectivity index (χ1n) is 6.26. The molecule has 6 heteroatoms. The second-order valence-electron chi connectivity index (χ2n) is 4.41. The van der Waals surface area contributed by atoms with Crippen LogP contribution in [0.2, 0.25) is 5.02 Å². The van der Waals surface area contributed by atoms with E-state index in [0.717, 1.165) is 5.56 Å². The van der Waals surface area contributed by atoms with Crippen LogP contribution in [0.3, 0.4) is 0 Å². The van der Waals surface area contributed by atoms with Crippen molar-refractivity contribution in [3.63, 3.8) is 0 Å². The lowest BCUT2D eigenvalue weighted by molar-refractivity contribution is -0.111. The molecule has 0 aliphatic rings. The topological polar surface area (TPSA) is 86.6 Å². The SMILES string of the molecule is O=C(/C=C/c1ccc(O)cc1)Nc1ccc(Cl)c(C(=O)O)c1. The lowest BCUT2D eigenvalue weighted by Crippen LogP contribution is -2.09. The van der Waals surface area contributed by atoms with Gasteiger partial charge in [-0.2, -0.15) is 0 Å². The number of aromatic hydroxyl groups is 1. The van der Waals surface area contributed by atoms with Crippen LogP contribution < -0.4 is 5.32 Å². The molecule has 0 bridgehead atoms. The molecule has 0 aliphatic carbocycles. The highest BCUT2D eigenvalue weighted by atomic mass is 35.5. The molecule has 5 nitrogen and oxygen atoms in total. The van der Waals surface area contributed by atoms with Crippen molar-refractivity contribution in [2.75, 3.05) is 5.32 Å². The van der Waals surface area contributed by atoms with Crippen molar-refractivity contribution in [2.45, 2.75) is 0 Å². The number of carbonyl (C=O) groups excluding carboxylic acids is 1. The minimum Gasteiger partial charge on any atom is -0.508 e. The second-order valence-corrected chi connectivity index (χ2v) is 4.82. The molecule has 0 heterocycles. The molecule has 0 aromatic heterocycles. The van der Waals surface area contributed by atoms with Crippen LogP contribution in [0, 0.1) is 0 Å². The minimum absolute atomic E-state index is 0.0815. The fourth-order valence-electron chi connectivity index (χ4n) is 1.71. The molecule has 0 atom stereocenters. The molecular formula is C16H12ClNO4. The Morgan fingerprint density at radius 3 is 2.41 bits per heavy atom. The van der Waals surface area contributed by atoms with Crippen molar-refractivity contribution >= 4 is 35.2 Å². The Morgan fingerprint density at radius 1 is 1.09 bits per heavy atom. The van der Waals surface area contributed by atoms with Gasteiger partial charge < -0.3 is 15.5 Å². The van der Waals surface area contributed by atoms with Crippen LogP contribution in [0.25, 0.3) is 6.08 Å². The fourth-order valence-corrected chi connectivity index (χ4v) is 1.91. The van der Waals surface area contributed by atoms with Gasteiger partial charge in [-0.25, -0.2) is 4.79 Å². The third-order valence-corrected chi connectivity index (χ3v) is 3.11. The highest BCUT2D eigenvalue weighted by Crippen LogP contribution is 2.20. The van der Waals surface area contributed by atoms with Crippen molar-refractivity contribution in [2.24, 2.45) is 0 Å². The van der Waals surface area contributed by atoms with E-state index in [-0.39, 0.29) is 16.3 Å². The zero-order chi connectivity index (χ0) is 16.1. The highest BCUT2D eigenvalue weighted by Gasteiger charge is 2.10. The summed E-state index contributed by atoms with van der Waals surface area (Å²) < 4.78 is 0. The first-order valence-corrected chi connectivity index (χ1v) is 6.64. The number of halogens is 1. The van der Waals surface area contributed by atoms with E-state index in [1.807, 2.05) is 0 Å². The van der Waals surface area contributed by atoms with Gasteiger partial charge in [0.15, 0.2) is 0 Å². The predicted octanol–water partition coefficient (Wildman–Crippen LogP) is 3.40. The van der Waals surface area contributed by atoms with Gasteiger partial charge in [-0.3, -0.25) is 4.79 Å². The summed E-state index contributed by atoms with van der Waals surface area (Å²) >= 11 is 5.75. The first-order chi connectivity index (χ1) is 10.5. The molecule has 0 radical (unpaired) electrons. The molecule has 112 valence electrons. The summed E-state index contributed by atoms with van der Waals surface area (Å²) in [6.45, 7) is 0. The Hall–Kier alpha value is -2.79. The summed E-state index contributed by atoms with van der Waals surface area (Å²) in [6, 6.07) is 10.5. The Balaban J connectivity index is 2.07. The number of phenolic OH excluding ortho intramolecular Hbond substituents is 1. The summed E-state index contributed by atoms with van der Waals surface area (Å²) in [5.41, 5.74) is 0.999. The summed E-state index contributed by atoms with van der Waals surface area (Å²) in [7, 11) is 0. The molecule has 1 amide bonds. The standard InChI is InChI=1S/C16H12ClNO4/c17-14-7-4-11(9-13(14)16(21)22)18-15(20)8-3-10-1-5-12(19)6-2-10/h1-9,19H,(H,18,20)(H,21,22)/b8-3+. The number of anilines is 1. The monoisotopic (exact) mass is 317 g/mol. The molecule has 0 spiro atoms. The van der Waals surface area contributed by atoms with Gasteiger partial charge in [0.05, 0.1) is 10.6 Å². The number of carboxylic acids is 1. The van der Waals surface area contributed by atoms with Gasteiger partial charge in [-0.15, -0.1) is 0 Å². The zero-order valence-electron chi connectivity index (χ0n) is 11.3. The molecule has 0 aliphatic heterocycles. The van der Waals surface area contributed by atoms with Crippen LogP contribution in [0.5, 0.6) is 5.75 Å². The lowest BCUT2D eigenvalue weighted by atomic mass is 10.2. The Labute approximate surface area is 131 Å². The van der Waals surface area contributed by atoms with E-state index in [9.17, 15) is 9.59 Å². The Kier molecular flexibility index (Phi) is 4.80. The number of rotatable bonds is 4. The molecule has 22 heavy (non-hydrogen) atoms. The average Bonchev–Trinajstić information content (AvgIpc) is 2.48. The summed E-state index contributed by atoms with van der Waals surface area (Å²) in [5.74, 6) is -1.43. The lowest BCUT2D eigenvalue weighted by Gasteiger charge is -2.05. The van der Waals surface area contributed by atoms with Gasteiger partial charge in [-0.1, -0.05) is 23.7 Å². The number of nitrogens with one attached hydrogen (secondary N) is 1. The zero-order valence-corrected chi connectivity index (χ0v) is 12.0. The molecule has 0 saturated heterocycles. The summed E-state index contributed by atoms with van der Waals surface area (Å²) in [4.78, 5) is 22.8. The van der Waals surface area contributed by atoms with E-state index in [0.29, 0.717) is 5.69 Å². The van der Waals surface area contributed by atoms with Crippen LogP contribution in [0.1, 0.15) is 15.9 Å². The van der Waals surface area contributed by atoms with Crippen molar-refractivity contribution in [3.05, 3.63) is 64.7 Å². The highest BCUT2D eigenvalue weighted by molar-refractivity contribution is 6.33. The van der Waals surface area contributed by atoms with Crippen molar-refractivity contribution in [3.8, 4) is 5.75 Å². The van der Waals surface area contributed by atoms with Gasteiger partial charge in [-0.05, 0) is 42.0 Å². The van der Waals surface area contributed by atoms with Gasteiger partial charge in [0.1, 0.15) is 5.75 Å². The smallest absolute Gasteiger partial charge is 0.337 e. The van der Waals surface area contributed by atoms with E-state index in [2.05, 4.69) is 5.32 Å². The maximum Gasteiger partial charge on any atom is 0.337 e. The van der Waals surface area contributed by atoms with E-state index < -0.39 is 11.9 Å². The van der Waals surface area contributed by atoms with Crippen molar-refractivity contribution in [1.82, 2.24) is 0 Å². The van der Waals surface area contributed by atoms with E-state index in [1.54, 1.807) is 18.2 Å².